The van der Waals surface area contributed by atoms with Gasteiger partial charge in [-0.1, -0.05) is 140 Å². The van der Waals surface area contributed by atoms with Crippen molar-refractivity contribution in [1.29, 1.82) is 0 Å². The van der Waals surface area contributed by atoms with E-state index >= 15 is 0 Å². The van der Waals surface area contributed by atoms with Gasteiger partial charge in [0.25, 0.3) is 0 Å². The first kappa shape index (κ1) is 26.1. The zero-order valence-electron chi connectivity index (χ0n) is 25.6. The number of benzene rings is 9. The molecule has 0 bridgehead atoms. The molecular weight excluding hydrogens is 569 g/mol. The van der Waals surface area contributed by atoms with Crippen molar-refractivity contribution in [1.82, 2.24) is 0 Å². The van der Waals surface area contributed by atoms with Gasteiger partial charge in [0, 0.05) is 10.8 Å². The number of hydrogen-bond acceptors (Lipinski definition) is 1. The summed E-state index contributed by atoms with van der Waals surface area (Å²) in [5, 5.41) is 12.3. The van der Waals surface area contributed by atoms with Crippen LogP contribution in [0.3, 0.4) is 0 Å². The van der Waals surface area contributed by atoms with Crippen molar-refractivity contribution in [2.75, 3.05) is 0 Å². The molecule has 0 atom stereocenters. The molecule has 47 heavy (non-hydrogen) atoms. The summed E-state index contributed by atoms with van der Waals surface area (Å²) >= 11 is 0. The Labute approximate surface area is 271 Å². The Kier molecular flexibility index (Phi) is 5.64. The Morgan fingerprint density at radius 2 is 0.830 bits per heavy atom. The average Bonchev–Trinajstić information content (AvgIpc) is 3.51. The van der Waals surface area contributed by atoms with Crippen LogP contribution in [0.1, 0.15) is 0 Å². The second kappa shape index (κ2) is 10.2. The van der Waals surface area contributed by atoms with E-state index in [1.807, 2.05) is 12.1 Å². The maximum Gasteiger partial charge on any atom is 0.135 e. The van der Waals surface area contributed by atoms with Crippen molar-refractivity contribution in [3.63, 3.8) is 0 Å². The maximum atomic E-state index is 6.19. The van der Waals surface area contributed by atoms with Crippen LogP contribution in [0.4, 0.5) is 0 Å². The molecule has 0 unspecified atom stereocenters. The average molecular weight is 597 g/mol. The fourth-order valence-corrected chi connectivity index (χ4v) is 7.66. The van der Waals surface area contributed by atoms with Crippen molar-refractivity contribution >= 4 is 65.0 Å². The largest absolute Gasteiger partial charge is 0.456 e. The Morgan fingerprint density at radius 1 is 0.277 bits per heavy atom. The van der Waals surface area contributed by atoms with E-state index in [4.69, 9.17) is 4.42 Å². The van der Waals surface area contributed by atoms with Crippen LogP contribution < -0.4 is 0 Å². The molecule has 10 rings (SSSR count). The number of rotatable bonds is 3. The first-order valence-electron chi connectivity index (χ1n) is 16.2. The minimum absolute atomic E-state index is 0.916. The lowest BCUT2D eigenvalue weighted by Gasteiger charge is -2.19. The van der Waals surface area contributed by atoms with E-state index in [0.717, 1.165) is 21.9 Å². The Hall–Kier alpha value is -6.18. The van der Waals surface area contributed by atoms with E-state index < -0.39 is 0 Å². The molecule has 9 aromatic carbocycles. The predicted octanol–water partition coefficient (Wildman–Crippen LogP) is 13.2. The minimum atomic E-state index is 0.916. The fourth-order valence-electron chi connectivity index (χ4n) is 7.66. The lowest BCUT2D eigenvalue weighted by Crippen LogP contribution is -1.91. The van der Waals surface area contributed by atoms with Gasteiger partial charge >= 0.3 is 0 Å². The van der Waals surface area contributed by atoms with E-state index in [1.165, 1.54) is 76.5 Å². The van der Waals surface area contributed by atoms with Gasteiger partial charge in [-0.2, -0.15) is 0 Å². The van der Waals surface area contributed by atoms with E-state index in [1.54, 1.807) is 0 Å². The summed E-state index contributed by atoms with van der Waals surface area (Å²) in [6.07, 6.45) is 0. The highest BCUT2D eigenvalue weighted by molar-refractivity contribution is 6.24. The van der Waals surface area contributed by atoms with Gasteiger partial charge in [0.1, 0.15) is 11.2 Å². The molecule has 0 aliphatic heterocycles. The molecule has 1 aromatic heterocycles. The van der Waals surface area contributed by atoms with Crippen LogP contribution in [0, 0.1) is 0 Å². The Bertz CT molecular complexity index is 2800. The summed E-state index contributed by atoms with van der Waals surface area (Å²) < 4.78 is 6.19. The van der Waals surface area contributed by atoms with Crippen LogP contribution in [-0.4, -0.2) is 0 Å². The molecule has 0 amide bonds. The van der Waals surface area contributed by atoms with Gasteiger partial charge in [0.2, 0.25) is 0 Å². The number of para-hydroxylation sites is 1. The summed E-state index contributed by atoms with van der Waals surface area (Å²) in [7, 11) is 0. The first-order valence-corrected chi connectivity index (χ1v) is 16.2. The highest BCUT2D eigenvalue weighted by Gasteiger charge is 2.19. The zero-order valence-corrected chi connectivity index (χ0v) is 25.6. The van der Waals surface area contributed by atoms with Crippen molar-refractivity contribution in [2.45, 2.75) is 0 Å². The molecule has 10 aromatic rings. The molecule has 218 valence electrons. The van der Waals surface area contributed by atoms with Gasteiger partial charge in [-0.25, -0.2) is 0 Å². The molecule has 1 heteroatoms. The Morgan fingerprint density at radius 3 is 1.60 bits per heavy atom. The van der Waals surface area contributed by atoms with E-state index in [9.17, 15) is 0 Å². The van der Waals surface area contributed by atoms with Crippen LogP contribution in [0.15, 0.2) is 174 Å². The van der Waals surface area contributed by atoms with Gasteiger partial charge in [0.15, 0.2) is 0 Å². The molecule has 0 radical (unpaired) electrons. The maximum absolute atomic E-state index is 6.19. The van der Waals surface area contributed by atoms with Gasteiger partial charge in [-0.15, -0.1) is 0 Å². The quantitative estimate of drug-likeness (QED) is 0.185. The monoisotopic (exact) mass is 596 g/mol. The van der Waals surface area contributed by atoms with E-state index in [-0.39, 0.29) is 0 Å². The van der Waals surface area contributed by atoms with Crippen molar-refractivity contribution in [3.8, 4) is 33.4 Å². The minimum Gasteiger partial charge on any atom is -0.456 e. The topological polar surface area (TPSA) is 13.1 Å². The third-order valence-electron chi connectivity index (χ3n) is 9.83. The summed E-state index contributed by atoms with van der Waals surface area (Å²) in [6.45, 7) is 0. The summed E-state index contributed by atoms with van der Waals surface area (Å²) in [4.78, 5) is 0. The smallest absolute Gasteiger partial charge is 0.135 e. The number of hydrogen-bond donors (Lipinski definition) is 0. The third kappa shape index (κ3) is 4.03. The molecule has 0 spiro atoms. The molecule has 1 nitrogen and oxygen atoms in total. The second-order valence-electron chi connectivity index (χ2n) is 12.5. The molecule has 0 fully saturated rings. The third-order valence-corrected chi connectivity index (χ3v) is 9.83. The van der Waals surface area contributed by atoms with E-state index in [0.29, 0.717) is 0 Å². The molecule has 0 saturated heterocycles. The van der Waals surface area contributed by atoms with Gasteiger partial charge in [0.05, 0.1) is 0 Å². The summed E-state index contributed by atoms with van der Waals surface area (Å²) in [5.41, 5.74) is 9.28. The molecular formula is C46H28O. The molecule has 0 aliphatic rings. The fraction of sp³-hybridized carbons (Fsp3) is 0. The van der Waals surface area contributed by atoms with Gasteiger partial charge in [-0.05, 0) is 107 Å². The Balaban J connectivity index is 1.21. The van der Waals surface area contributed by atoms with E-state index in [2.05, 4.69) is 158 Å². The second-order valence-corrected chi connectivity index (χ2v) is 12.5. The number of fused-ring (bicyclic) bond motifs is 7. The lowest BCUT2D eigenvalue weighted by atomic mass is 9.84. The first-order chi connectivity index (χ1) is 23.3. The SMILES string of the molecule is c1ccc2cc(-c3ccc4c(-c5c6ccccc6c(-c6ccc7oc8ccccc8c7c6)c6ccccc56)cccc4c3)ccc2c1. The lowest BCUT2D eigenvalue weighted by molar-refractivity contribution is 0.669. The zero-order chi connectivity index (χ0) is 30.9. The number of furan rings is 1. The standard InChI is InChI=1S/C46H28O/c1-2-11-30-26-31(21-20-29(30)10-1)32-22-24-35-33(27-32)12-9-18-37(35)46-40-16-5-3-14-38(40)45(39-15-4-6-17-41(39)46)34-23-25-44-42(28-34)36-13-7-8-19-43(36)47-44/h1-28H. The van der Waals surface area contributed by atoms with Crippen molar-refractivity contribution < 1.29 is 4.42 Å². The summed E-state index contributed by atoms with van der Waals surface area (Å²) in [5.74, 6) is 0. The predicted molar refractivity (Wildman–Crippen MR) is 200 cm³/mol. The molecule has 0 aliphatic carbocycles. The van der Waals surface area contributed by atoms with Crippen LogP contribution in [0.5, 0.6) is 0 Å². The molecule has 0 N–H and O–H groups in total. The molecule has 0 saturated carbocycles. The highest BCUT2D eigenvalue weighted by Crippen LogP contribution is 2.46. The normalized spacial score (nSPS) is 11.8. The van der Waals surface area contributed by atoms with Crippen LogP contribution >= 0.6 is 0 Å². The van der Waals surface area contributed by atoms with Gasteiger partial charge in [-0.3, -0.25) is 0 Å². The van der Waals surface area contributed by atoms with Crippen LogP contribution in [0.2, 0.25) is 0 Å². The van der Waals surface area contributed by atoms with Gasteiger partial charge < -0.3 is 4.42 Å². The van der Waals surface area contributed by atoms with Crippen LogP contribution in [0.25, 0.3) is 98.4 Å². The molecule has 1 heterocycles. The van der Waals surface area contributed by atoms with Crippen molar-refractivity contribution in [2.24, 2.45) is 0 Å². The van der Waals surface area contributed by atoms with Crippen molar-refractivity contribution in [3.05, 3.63) is 170 Å². The van der Waals surface area contributed by atoms with Crippen LogP contribution in [-0.2, 0) is 0 Å². The summed E-state index contributed by atoms with van der Waals surface area (Å²) in [6, 6.07) is 61.7. The highest BCUT2D eigenvalue weighted by atomic mass is 16.3.